The third-order valence-electron chi connectivity index (χ3n) is 7.37. The van der Waals surface area contributed by atoms with Crippen LogP contribution < -0.4 is 10.2 Å². The number of carbonyl (C=O) groups excluding carboxylic acids is 1. The van der Waals surface area contributed by atoms with E-state index in [1.807, 2.05) is 18.2 Å². The van der Waals surface area contributed by atoms with E-state index >= 15 is 0 Å². The monoisotopic (exact) mass is 480 g/mol. The summed E-state index contributed by atoms with van der Waals surface area (Å²) < 4.78 is 0. The molecule has 1 N–H and O–H groups in total. The lowest BCUT2D eigenvalue weighted by Gasteiger charge is -2.47. The SMILES string of the molecule is N#CCCNCN(c1ccccc1)C1(C=O)CCN(CCC(c2ccccc2)c2ccccc2)CC1. The third kappa shape index (κ3) is 6.40. The Hall–Kier alpha value is -3.46. The van der Waals surface area contributed by atoms with E-state index < -0.39 is 5.54 Å². The zero-order chi connectivity index (χ0) is 25.1. The number of hydrogen-bond acceptors (Lipinski definition) is 5. The number of benzene rings is 3. The zero-order valence-electron chi connectivity index (χ0n) is 20.9. The van der Waals surface area contributed by atoms with Crippen molar-refractivity contribution in [3.05, 3.63) is 102 Å². The molecule has 3 aromatic carbocycles. The van der Waals surface area contributed by atoms with Gasteiger partial charge in [0.25, 0.3) is 0 Å². The van der Waals surface area contributed by atoms with Crippen LogP contribution in [0.2, 0.25) is 0 Å². The van der Waals surface area contributed by atoms with Crippen LogP contribution in [0.25, 0.3) is 0 Å². The average Bonchev–Trinajstić information content (AvgIpc) is 2.95. The maximum atomic E-state index is 12.6. The molecule has 1 heterocycles. The number of likely N-dealkylation sites (tertiary alicyclic amines) is 1. The number of nitrogens with one attached hydrogen (secondary N) is 1. The van der Waals surface area contributed by atoms with Crippen molar-refractivity contribution in [3.8, 4) is 6.07 Å². The molecule has 0 aliphatic carbocycles. The number of nitrogens with zero attached hydrogens (tertiary/aromatic N) is 3. The Bertz CT molecular complexity index is 1050. The Morgan fingerprint density at radius 3 is 2.00 bits per heavy atom. The molecule has 36 heavy (non-hydrogen) atoms. The molecular formula is C31H36N4O. The summed E-state index contributed by atoms with van der Waals surface area (Å²) >= 11 is 0. The predicted molar refractivity (Wildman–Crippen MR) is 146 cm³/mol. The van der Waals surface area contributed by atoms with Gasteiger partial charge < -0.3 is 14.6 Å². The van der Waals surface area contributed by atoms with Crippen LogP contribution in [-0.2, 0) is 4.79 Å². The summed E-state index contributed by atoms with van der Waals surface area (Å²) in [5, 5.41) is 12.3. The number of rotatable bonds is 12. The minimum atomic E-state index is -0.546. The Kier molecular flexibility index (Phi) is 9.27. The first-order valence-electron chi connectivity index (χ1n) is 12.9. The molecule has 186 valence electrons. The largest absolute Gasteiger partial charge is 0.346 e. The second-order valence-corrected chi connectivity index (χ2v) is 9.56. The van der Waals surface area contributed by atoms with Crippen LogP contribution in [0, 0.1) is 11.3 Å². The van der Waals surface area contributed by atoms with Gasteiger partial charge in [-0.3, -0.25) is 5.32 Å². The van der Waals surface area contributed by atoms with Gasteiger partial charge in [0, 0.05) is 37.7 Å². The van der Waals surface area contributed by atoms with E-state index in [1.54, 1.807) is 0 Å². The van der Waals surface area contributed by atoms with Crippen molar-refractivity contribution in [2.45, 2.75) is 37.1 Å². The van der Waals surface area contributed by atoms with Crippen LogP contribution >= 0.6 is 0 Å². The normalized spacial score (nSPS) is 15.3. The van der Waals surface area contributed by atoms with Crippen LogP contribution in [0.5, 0.6) is 0 Å². The molecule has 3 aromatic rings. The summed E-state index contributed by atoms with van der Waals surface area (Å²) in [7, 11) is 0. The summed E-state index contributed by atoms with van der Waals surface area (Å²) in [4.78, 5) is 17.3. The minimum absolute atomic E-state index is 0.357. The minimum Gasteiger partial charge on any atom is -0.346 e. The van der Waals surface area contributed by atoms with Crippen molar-refractivity contribution in [1.82, 2.24) is 10.2 Å². The molecule has 1 aliphatic rings. The molecule has 5 heteroatoms. The van der Waals surface area contributed by atoms with Crippen LogP contribution in [0.15, 0.2) is 91.0 Å². The molecular weight excluding hydrogens is 444 g/mol. The summed E-state index contributed by atoms with van der Waals surface area (Å²) in [5.74, 6) is 0.357. The molecule has 1 saturated heterocycles. The number of para-hydroxylation sites is 1. The Labute approximate surface area is 215 Å². The number of carbonyl (C=O) groups is 1. The molecule has 1 fully saturated rings. The summed E-state index contributed by atoms with van der Waals surface area (Å²) in [6.45, 7) is 3.93. The summed E-state index contributed by atoms with van der Waals surface area (Å²) in [6.07, 6.45) is 4.22. The number of aldehydes is 1. The summed E-state index contributed by atoms with van der Waals surface area (Å²) in [5.41, 5.74) is 3.19. The summed E-state index contributed by atoms with van der Waals surface area (Å²) in [6, 6.07) is 33.8. The fraction of sp³-hybridized carbons (Fsp3) is 0.355. The first-order chi connectivity index (χ1) is 17.8. The number of piperidine rings is 1. The molecule has 0 atom stereocenters. The highest BCUT2D eigenvalue weighted by atomic mass is 16.1. The molecule has 0 radical (unpaired) electrons. The molecule has 4 rings (SSSR count). The van der Waals surface area contributed by atoms with Gasteiger partial charge in [0.1, 0.15) is 6.29 Å². The molecule has 0 spiro atoms. The van der Waals surface area contributed by atoms with E-state index in [-0.39, 0.29) is 0 Å². The van der Waals surface area contributed by atoms with E-state index in [0.29, 0.717) is 25.6 Å². The van der Waals surface area contributed by atoms with Crippen LogP contribution in [0.3, 0.4) is 0 Å². The fourth-order valence-electron chi connectivity index (χ4n) is 5.27. The van der Waals surface area contributed by atoms with Crippen molar-refractivity contribution in [2.24, 2.45) is 0 Å². The number of hydrogen-bond donors (Lipinski definition) is 1. The lowest BCUT2D eigenvalue weighted by atomic mass is 9.85. The van der Waals surface area contributed by atoms with Gasteiger partial charge in [0.05, 0.1) is 18.3 Å². The van der Waals surface area contributed by atoms with Gasteiger partial charge in [0.2, 0.25) is 0 Å². The second-order valence-electron chi connectivity index (χ2n) is 9.56. The maximum Gasteiger partial charge on any atom is 0.145 e. The van der Waals surface area contributed by atoms with Gasteiger partial charge in [-0.05, 0) is 49.1 Å². The van der Waals surface area contributed by atoms with Crippen molar-refractivity contribution in [2.75, 3.05) is 37.7 Å². The van der Waals surface area contributed by atoms with Crippen molar-refractivity contribution < 1.29 is 4.79 Å². The molecule has 0 bridgehead atoms. The standard InChI is InChI=1S/C31H36N4O/c32-20-10-21-33-26-35(29-15-8-3-9-16-29)31(25-36)18-23-34(24-19-31)22-17-30(27-11-4-1-5-12-27)28-13-6-2-7-14-28/h1-9,11-16,25,30,33H,10,17-19,21-24,26H2. The van der Waals surface area contributed by atoms with Gasteiger partial charge in [-0.1, -0.05) is 78.9 Å². The number of nitriles is 1. The fourth-order valence-corrected chi connectivity index (χ4v) is 5.27. The Morgan fingerprint density at radius 2 is 1.47 bits per heavy atom. The van der Waals surface area contributed by atoms with E-state index in [4.69, 9.17) is 5.26 Å². The van der Waals surface area contributed by atoms with Crippen molar-refractivity contribution >= 4 is 12.0 Å². The van der Waals surface area contributed by atoms with Gasteiger partial charge in [-0.15, -0.1) is 0 Å². The maximum absolute atomic E-state index is 12.6. The highest BCUT2D eigenvalue weighted by Crippen LogP contribution is 2.33. The van der Waals surface area contributed by atoms with Gasteiger partial charge in [-0.25, -0.2) is 0 Å². The molecule has 0 amide bonds. The quantitative estimate of drug-likeness (QED) is 0.219. The molecule has 0 saturated carbocycles. The van der Waals surface area contributed by atoms with E-state index in [2.05, 4.69) is 94.0 Å². The van der Waals surface area contributed by atoms with E-state index in [1.165, 1.54) is 11.1 Å². The van der Waals surface area contributed by atoms with Crippen LogP contribution in [0.4, 0.5) is 5.69 Å². The van der Waals surface area contributed by atoms with Crippen molar-refractivity contribution in [1.29, 1.82) is 5.26 Å². The lowest BCUT2D eigenvalue weighted by Crippen LogP contribution is -2.59. The van der Waals surface area contributed by atoms with Gasteiger partial charge in [0.15, 0.2) is 0 Å². The molecule has 5 nitrogen and oxygen atoms in total. The molecule has 1 aliphatic heterocycles. The lowest BCUT2D eigenvalue weighted by molar-refractivity contribution is -0.114. The Morgan fingerprint density at radius 1 is 0.917 bits per heavy atom. The first kappa shape index (κ1) is 25.6. The van der Waals surface area contributed by atoms with Crippen molar-refractivity contribution in [3.63, 3.8) is 0 Å². The van der Waals surface area contributed by atoms with Gasteiger partial charge >= 0.3 is 0 Å². The van der Waals surface area contributed by atoms with Crippen LogP contribution in [-0.4, -0.2) is 49.6 Å². The molecule has 0 unspecified atom stereocenters. The van der Waals surface area contributed by atoms with E-state index in [0.717, 1.165) is 50.9 Å². The highest BCUT2D eigenvalue weighted by Gasteiger charge is 2.40. The van der Waals surface area contributed by atoms with Crippen LogP contribution in [0.1, 0.15) is 42.7 Å². The second kappa shape index (κ2) is 13.0. The third-order valence-corrected chi connectivity index (χ3v) is 7.37. The number of anilines is 1. The predicted octanol–water partition coefficient (Wildman–Crippen LogP) is 5.21. The van der Waals surface area contributed by atoms with Gasteiger partial charge in [-0.2, -0.15) is 5.26 Å². The van der Waals surface area contributed by atoms with E-state index in [9.17, 15) is 4.79 Å². The molecule has 0 aromatic heterocycles. The average molecular weight is 481 g/mol. The zero-order valence-corrected chi connectivity index (χ0v) is 20.9. The Balaban J connectivity index is 1.43. The topological polar surface area (TPSA) is 59.4 Å². The smallest absolute Gasteiger partial charge is 0.145 e. The highest BCUT2D eigenvalue weighted by molar-refractivity contribution is 5.72. The first-order valence-corrected chi connectivity index (χ1v) is 12.9.